The number of aromatic nitrogens is 3. The third-order valence-corrected chi connectivity index (χ3v) is 4.05. The Morgan fingerprint density at radius 3 is 2.83 bits per heavy atom. The molecular weight excluding hydrogens is 309 g/mol. The predicted molar refractivity (Wildman–Crippen MR) is 87.7 cm³/mol. The fraction of sp³-hybridized carbons (Fsp3) is 0.235. The average Bonchev–Trinajstić information content (AvgIpc) is 3.24. The van der Waals surface area contributed by atoms with Crippen molar-refractivity contribution in [2.24, 2.45) is 5.73 Å². The molecule has 0 radical (unpaired) electrons. The van der Waals surface area contributed by atoms with Gasteiger partial charge in [0.2, 0.25) is 5.82 Å². The molecule has 1 aliphatic rings. The van der Waals surface area contributed by atoms with Crippen LogP contribution in [0.25, 0.3) is 22.8 Å². The standard InChI is InChI=1S/C17H16FN5O/c18-13-3-1-2-11(8-13)16-21-17(24-22-16)12-4-5-15(20-9-12)23-7-6-14(19)10-23/h1-5,8-9,14H,6-7,10,19H2. The van der Waals surface area contributed by atoms with Crippen molar-refractivity contribution in [2.75, 3.05) is 18.0 Å². The number of halogens is 1. The Bertz CT molecular complexity index is 848. The molecule has 1 aromatic carbocycles. The third-order valence-electron chi connectivity index (χ3n) is 4.05. The number of hydrogen-bond acceptors (Lipinski definition) is 6. The zero-order valence-electron chi connectivity index (χ0n) is 12.9. The zero-order valence-corrected chi connectivity index (χ0v) is 12.9. The van der Waals surface area contributed by atoms with Crippen LogP contribution in [0.5, 0.6) is 0 Å². The van der Waals surface area contributed by atoms with Gasteiger partial charge in [0.1, 0.15) is 11.6 Å². The quantitative estimate of drug-likeness (QED) is 0.797. The van der Waals surface area contributed by atoms with Crippen LogP contribution in [0.1, 0.15) is 6.42 Å². The van der Waals surface area contributed by atoms with Gasteiger partial charge in [-0.05, 0) is 30.7 Å². The van der Waals surface area contributed by atoms with Crippen molar-refractivity contribution in [3.8, 4) is 22.8 Å². The van der Waals surface area contributed by atoms with Crippen LogP contribution < -0.4 is 10.6 Å². The topological polar surface area (TPSA) is 81.1 Å². The minimum absolute atomic E-state index is 0.205. The first kappa shape index (κ1) is 14.8. The summed E-state index contributed by atoms with van der Waals surface area (Å²) < 4.78 is 18.6. The molecular formula is C17H16FN5O. The van der Waals surface area contributed by atoms with Crippen LogP contribution in [0, 0.1) is 5.82 Å². The minimum Gasteiger partial charge on any atom is -0.355 e. The summed E-state index contributed by atoms with van der Waals surface area (Å²) in [6.07, 6.45) is 2.67. The molecule has 0 spiro atoms. The smallest absolute Gasteiger partial charge is 0.259 e. The Hall–Kier alpha value is -2.80. The van der Waals surface area contributed by atoms with Crippen LogP contribution in [-0.4, -0.2) is 34.3 Å². The molecule has 1 unspecified atom stereocenters. The molecule has 24 heavy (non-hydrogen) atoms. The number of hydrogen-bond donors (Lipinski definition) is 1. The van der Waals surface area contributed by atoms with Crippen molar-refractivity contribution < 1.29 is 8.91 Å². The second-order valence-electron chi connectivity index (χ2n) is 5.83. The highest BCUT2D eigenvalue weighted by molar-refractivity contribution is 5.60. The molecule has 1 saturated heterocycles. The van der Waals surface area contributed by atoms with Gasteiger partial charge in [0.15, 0.2) is 0 Å². The highest BCUT2D eigenvalue weighted by Gasteiger charge is 2.20. The maximum absolute atomic E-state index is 13.3. The summed E-state index contributed by atoms with van der Waals surface area (Å²) in [5.74, 6) is 1.25. The highest BCUT2D eigenvalue weighted by atomic mass is 19.1. The van der Waals surface area contributed by atoms with Gasteiger partial charge in [-0.2, -0.15) is 4.98 Å². The molecule has 1 fully saturated rings. The second kappa shape index (κ2) is 6.01. The lowest BCUT2D eigenvalue weighted by atomic mass is 10.2. The molecule has 0 saturated carbocycles. The van der Waals surface area contributed by atoms with Gasteiger partial charge in [0, 0.05) is 30.9 Å². The van der Waals surface area contributed by atoms with Gasteiger partial charge in [0.05, 0.1) is 5.56 Å². The van der Waals surface area contributed by atoms with Crippen LogP contribution in [0.3, 0.4) is 0 Å². The van der Waals surface area contributed by atoms with Crippen molar-refractivity contribution in [1.82, 2.24) is 15.1 Å². The van der Waals surface area contributed by atoms with E-state index in [0.29, 0.717) is 17.3 Å². The molecule has 0 aliphatic carbocycles. The van der Waals surface area contributed by atoms with Gasteiger partial charge >= 0.3 is 0 Å². The fourth-order valence-corrected chi connectivity index (χ4v) is 2.78. The summed E-state index contributed by atoms with van der Waals surface area (Å²) in [7, 11) is 0. The van der Waals surface area contributed by atoms with E-state index < -0.39 is 0 Å². The Kier molecular flexibility index (Phi) is 3.70. The van der Waals surface area contributed by atoms with E-state index in [1.807, 2.05) is 12.1 Å². The number of anilines is 1. The SMILES string of the molecule is NC1CCN(c2ccc(-c3nc(-c4cccc(F)c4)no3)cn2)C1. The highest BCUT2D eigenvalue weighted by Crippen LogP contribution is 2.24. The Balaban J connectivity index is 1.56. The molecule has 7 heteroatoms. The van der Waals surface area contributed by atoms with E-state index in [-0.39, 0.29) is 11.9 Å². The van der Waals surface area contributed by atoms with E-state index in [1.165, 1.54) is 12.1 Å². The first-order valence-corrected chi connectivity index (χ1v) is 7.75. The molecule has 1 aliphatic heterocycles. The zero-order chi connectivity index (χ0) is 16.5. The van der Waals surface area contributed by atoms with Crippen molar-refractivity contribution in [2.45, 2.75) is 12.5 Å². The summed E-state index contributed by atoms with van der Waals surface area (Å²) >= 11 is 0. The lowest BCUT2D eigenvalue weighted by molar-refractivity contribution is 0.432. The largest absolute Gasteiger partial charge is 0.355 e. The lowest BCUT2D eigenvalue weighted by Gasteiger charge is -2.16. The van der Waals surface area contributed by atoms with Crippen LogP contribution in [0.2, 0.25) is 0 Å². The van der Waals surface area contributed by atoms with Gasteiger partial charge in [-0.3, -0.25) is 0 Å². The molecule has 6 nitrogen and oxygen atoms in total. The van der Waals surface area contributed by atoms with Crippen molar-refractivity contribution in [1.29, 1.82) is 0 Å². The molecule has 122 valence electrons. The average molecular weight is 325 g/mol. The summed E-state index contributed by atoms with van der Waals surface area (Å²) in [5.41, 5.74) is 7.21. The molecule has 2 aromatic heterocycles. The third kappa shape index (κ3) is 2.85. The van der Waals surface area contributed by atoms with Crippen LogP contribution in [0.4, 0.5) is 10.2 Å². The van der Waals surface area contributed by atoms with Crippen LogP contribution >= 0.6 is 0 Å². The van der Waals surface area contributed by atoms with Gasteiger partial charge in [-0.15, -0.1) is 0 Å². The minimum atomic E-state index is -0.339. The van der Waals surface area contributed by atoms with Crippen molar-refractivity contribution in [3.05, 3.63) is 48.4 Å². The summed E-state index contributed by atoms with van der Waals surface area (Å²) in [6.45, 7) is 1.73. The lowest BCUT2D eigenvalue weighted by Crippen LogP contribution is -2.26. The van der Waals surface area contributed by atoms with E-state index in [9.17, 15) is 4.39 Å². The maximum Gasteiger partial charge on any atom is 0.259 e. The molecule has 1 atom stereocenters. The van der Waals surface area contributed by atoms with E-state index in [1.54, 1.807) is 18.3 Å². The molecule has 3 aromatic rings. The van der Waals surface area contributed by atoms with Crippen LogP contribution in [0.15, 0.2) is 47.1 Å². The summed E-state index contributed by atoms with van der Waals surface area (Å²) in [4.78, 5) is 10.9. The van der Waals surface area contributed by atoms with Crippen molar-refractivity contribution >= 4 is 5.82 Å². The van der Waals surface area contributed by atoms with E-state index in [0.717, 1.165) is 30.9 Å². The van der Waals surface area contributed by atoms with Gasteiger partial charge < -0.3 is 15.2 Å². The van der Waals surface area contributed by atoms with Gasteiger partial charge in [-0.25, -0.2) is 9.37 Å². The number of nitrogens with zero attached hydrogens (tertiary/aromatic N) is 4. The normalized spacial score (nSPS) is 17.4. The Morgan fingerprint density at radius 2 is 2.12 bits per heavy atom. The predicted octanol–water partition coefficient (Wildman–Crippen LogP) is 2.48. The number of pyridine rings is 1. The molecule has 0 bridgehead atoms. The maximum atomic E-state index is 13.3. The Morgan fingerprint density at radius 1 is 1.21 bits per heavy atom. The fourth-order valence-electron chi connectivity index (χ4n) is 2.78. The molecule has 2 N–H and O–H groups in total. The molecule has 3 heterocycles. The summed E-state index contributed by atoms with van der Waals surface area (Å²) in [5, 5.41) is 3.91. The first-order chi connectivity index (χ1) is 11.7. The van der Waals surface area contributed by atoms with Gasteiger partial charge in [-0.1, -0.05) is 17.3 Å². The summed E-state index contributed by atoms with van der Waals surface area (Å²) in [6, 6.07) is 10.1. The van der Waals surface area contributed by atoms with Gasteiger partial charge in [0.25, 0.3) is 5.89 Å². The van der Waals surface area contributed by atoms with Crippen LogP contribution in [-0.2, 0) is 0 Å². The van der Waals surface area contributed by atoms with Crippen molar-refractivity contribution in [3.63, 3.8) is 0 Å². The number of rotatable bonds is 3. The number of nitrogens with two attached hydrogens (primary N) is 1. The van der Waals surface area contributed by atoms with E-state index in [4.69, 9.17) is 10.3 Å². The molecule has 0 amide bonds. The second-order valence-corrected chi connectivity index (χ2v) is 5.83. The number of benzene rings is 1. The monoisotopic (exact) mass is 325 g/mol. The first-order valence-electron chi connectivity index (χ1n) is 7.75. The van der Waals surface area contributed by atoms with E-state index in [2.05, 4.69) is 20.0 Å². The molecule has 4 rings (SSSR count). The van der Waals surface area contributed by atoms with E-state index >= 15 is 0 Å². The Labute approximate surface area is 138 Å².